The molecule has 0 saturated heterocycles. The van der Waals surface area contributed by atoms with Crippen molar-refractivity contribution in [1.82, 2.24) is 0 Å². The third-order valence-electron chi connectivity index (χ3n) is 1.71. The predicted molar refractivity (Wildman–Crippen MR) is 63.8 cm³/mol. The van der Waals surface area contributed by atoms with E-state index in [0.29, 0.717) is 11.4 Å². The van der Waals surface area contributed by atoms with Crippen molar-refractivity contribution in [2.75, 3.05) is 15.8 Å². The maximum Gasteiger partial charge on any atom is 0.246 e. The van der Waals surface area contributed by atoms with E-state index in [9.17, 15) is 13.2 Å². The molecule has 0 heterocycles. The van der Waals surface area contributed by atoms with Crippen molar-refractivity contribution in [1.29, 1.82) is 5.26 Å². The van der Waals surface area contributed by atoms with Crippen LogP contribution in [-0.4, -0.2) is 20.1 Å². The highest BCUT2D eigenvalue weighted by Crippen LogP contribution is 2.16. The van der Waals surface area contributed by atoms with Gasteiger partial charge < -0.3 is 5.32 Å². The molecule has 0 unspecified atom stereocenters. The molecule has 0 bridgehead atoms. The van der Waals surface area contributed by atoms with Crippen LogP contribution in [0.2, 0.25) is 0 Å². The monoisotopic (exact) mass is 253 g/mol. The Balaban J connectivity index is 2.87. The van der Waals surface area contributed by atoms with Crippen LogP contribution in [-0.2, 0) is 14.8 Å². The molecule has 1 aromatic rings. The second kappa shape index (κ2) is 5.32. The Morgan fingerprint density at radius 3 is 2.65 bits per heavy atom. The summed E-state index contributed by atoms with van der Waals surface area (Å²) in [5, 5.41) is 10.9. The van der Waals surface area contributed by atoms with Crippen molar-refractivity contribution in [2.24, 2.45) is 0 Å². The lowest BCUT2D eigenvalue weighted by molar-refractivity contribution is -0.114. The summed E-state index contributed by atoms with van der Waals surface area (Å²) in [7, 11) is -3.65. The van der Waals surface area contributed by atoms with E-state index in [1.54, 1.807) is 18.2 Å². The second-order valence-corrected chi connectivity index (χ2v) is 5.00. The molecule has 0 fully saturated rings. The molecule has 0 saturated carbocycles. The Labute approximate surface area is 99.3 Å². The van der Waals surface area contributed by atoms with Gasteiger partial charge in [-0.2, -0.15) is 5.26 Å². The fraction of sp³-hybridized carbons (Fsp3) is 0.200. The number of nitrogens with zero attached hydrogens (tertiary/aromatic N) is 1. The van der Waals surface area contributed by atoms with Gasteiger partial charge in [0, 0.05) is 12.6 Å². The summed E-state index contributed by atoms with van der Waals surface area (Å²) < 4.78 is 24.9. The van der Waals surface area contributed by atoms with Crippen LogP contribution in [0.1, 0.15) is 6.92 Å². The van der Waals surface area contributed by atoms with E-state index < -0.39 is 15.8 Å². The summed E-state index contributed by atoms with van der Waals surface area (Å²) in [6.07, 6.45) is 0. The van der Waals surface area contributed by atoms with Crippen LogP contribution in [0, 0.1) is 11.3 Å². The number of anilines is 2. The van der Waals surface area contributed by atoms with Gasteiger partial charge in [0.25, 0.3) is 0 Å². The summed E-state index contributed by atoms with van der Waals surface area (Å²) in [5.74, 6) is -0.862. The highest BCUT2D eigenvalue weighted by Gasteiger charge is 2.09. The SMILES string of the molecule is CC(=O)Nc1cccc(NS(=O)(=O)CC#N)c1. The molecule has 0 atom stereocenters. The molecule has 7 heteroatoms. The Hall–Kier alpha value is -2.07. The van der Waals surface area contributed by atoms with Crippen LogP contribution in [0.4, 0.5) is 11.4 Å². The van der Waals surface area contributed by atoms with Gasteiger partial charge in [-0.15, -0.1) is 0 Å². The molecule has 0 radical (unpaired) electrons. The number of hydrogen-bond donors (Lipinski definition) is 2. The molecule has 2 N–H and O–H groups in total. The number of nitrogens with one attached hydrogen (secondary N) is 2. The lowest BCUT2D eigenvalue weighted by Crippen LogP contribution is -2.15. The van der Waals surface area contributed by atoms with Gasteiger partial charge in [0.15, 0.2) is 5.75 Å². The van der Waals surface area contributed by atoms with Crippen molar-refractivity contribution >= 4 is 27.3 Å². The molecular formula is C10H11N3O3S. The first-order valence-corrected chi connectivity index (χ1v) is 6.33. The van der Waals surface area contributed by atoms with E-state index in [2.05, 4.69) is 10.0 Å². The third-order valence-corrected chi connectivity index (χ3v) is 2.77. The molecule has 90 valence electrons. The average molecular weight is 253 g/mol. The summed E-state index contributed by atoms with van der Waals surface area (Å²) >= 11 is 0. The van der Waals surface area contributed by atoms with Crippen LogP contribution >= 0.6 is 0 Å². The van der Waals surface area contributed by atoms with Crippen molar-refractivity contribution in [3.05, 3.63) is 24.3 Å². The molecule has 17 heavy (non-hydrogen) atoms. The minimum atomic E-state index is -3.65. The van der Waals surface area contributed by atoms with E-state index >= 15 is 0 Å². The van der Waals surface area contributed by atoms with Gasteiger partial charge in [-0.25, -0.2) is 8.42 Å². The number of hydrogen-bond acceptors (Lipinski definition) is 4. The van der Waals surface area contributed by atoms with Crippen molar-refractivity contribution in [2.45, 2.75) is 6.92 Å². The molecule has 6 nitrogen and oxygen atoms in total. The van der Waals surface area contributed by atoms with Gasteiger partial charge >= 0.3 is 0 Å². The Kier molecular flexibility index (Phi) is 4.06. The minimum absolute atomic E-state index is 0.248. The first-order valence-electron chi connectivity index (χ1n) is 4.68. The van der Waals surface area contributed by atoms with Crippen LogP contribution in [0.25, 0.3) is 0 Å². The van der Waals surface area contributed by atoms with E-state index in [4.69, 9.17) is 5.26 Å². The summed E-state index contributed by atoms with van der Waals surface area (Å²) in [6, 6.07) is 7.77. The van der Waals surface area contributed by atoms with Crippen LogP contribution in [0.3, 0.4) is 0 Å². The minimum Gasteiger partial charge on any atom is -0.326 e. The summed E-state index contributed by atoms with van der Waals surface area (Å²) in [5.41, 5.74) is 0.779. The zero-order valence-corrected chi connectivity index (χ0v) is 9.91. The zero-order chi connectivity index (χ0) is 12.9. The number of rotatable bonds is 4. The van der Waals surface area contributed by atoms with Gasteiger partial charge in [0.1, 0.15) is 0 Å². The lowest BCUT2D eigenvalue weighted by atomic mass is 10.3. The number of amides is 1. The number of benzene rings is 1. The Bertz CT molecular complexity index is 560. The number of carbonyl (C=O) groups excluding carboxylic acids is 1. The fourth-order valence-electron chi connectivity index (χ4n) is 1.16. The standard InChI is InChI=1S/C10H11N3O3S/c1-8(14)12-9-3-2-4-10(7-9)13-17(15,16)6-5-11/h2-4,7,13H,6H2,1H3,(H,12,14). The highest BCUT2D eigenvalue weighted by atomic mass is 32.2. The first-order chi connectivity index (χ1) is 7.93. The molecule has 1 aromatic carbocycles. The van der Waals surface area contributed by atoms with Crippen LogP contribution in [0.5, 0.6) is 0 Å². The van der Waals surface area contributed by atoms with Crippen LogP contribution < -0.4 is 10.0 Å². The first kappa shape index (κ1) is 13.0. The molecule has 1 rings (SSSR count). The molecule has 0 spiro atoms. The molecule has 1 amide bonds. The van der Waals surface area contributed by atoms with Gasteiger partial charge in [0.2, 0.25) is 15.9 Å². The summed E-state index contributed by atoms with van der Waals surface area (Å²) in [6.45, 7) is 1.35. The number of nitriles is 1. The van der Waals surface area contributed by atoms with E-state index in [1.165, 1.54) is 19.1 Å². The third kappa shape index (κ3) is 4.53. The second-order valence-electron chi connectivity index (χ2n) is 3.28. The van der Waals surface area contributed by atoms with Crippen molar-refractivity contribution < 1.29 is 13.2 Å². The van der Waals surface area contributed by atoms with E-state index in [0.717, 1.165) is 0 Å². The normalized spacial score (nSPS) is 10.4. The topological polar surface area (TPSA) is 99.1 Å². The number of carbonyl (C=O) groups is 1. The largest absolute Gasteiger partial charge is 0.326 e. The van der Waals surface area contributed by atoms with Crippen molar-refractivity contribution in [3.63, 3.8) is 0 Å². The molecule has 0 aromatic heterocycles. The average Bonchev–Trinajstić information content (AvgIpc) is 2.15. The van der Waals surface area contributed by atoms with Gasteiger partial charge in [-0.05, 0) is 18.2 Å². The maximum atomic E-state index is 11.3. The highest BCUT2D eigenvalue weighted by molar-refractivity contribution is 7.92. The fourth-order valence-corrected chi connectivity index (χ4v) is 1.89. The smallest absolute Gasteiger partial charge is 0.246 e. The molecule has 0 aliphatic rings. The maximum absolute atomic E-state index is 11.3. The molecule has 0 aliphatic heterocycles. The van der Waals surface area contributed by atoms with Gasteiger partial charge in [-0.1, -0.05) is 6.07 Å². The zero-order valence-electron chi connectivity index (χ0n) is 9.10. The van der Waals surface area contributed by atoms with E-state index in [-0.39, 0.29) is 5.91 Å². The van der Waals surface area contributed by atoms with Gasteiger partial charge in [-0.3, -0.25) is 9.52 Å². The Morgan fingerprint density at radius 2 is 2.06 bits per heavy atom. The van der Waals surface area contributed by atoms with Crippen LogP contribution in [0.15, 0.2) is 24.3 Å². The predicted octanol–water partition coefficient (Wildman–Crippen LogP) is 0.910. The quantitative estimate of drug-likeness (QED) is 0.833. The van der Waals surface area contributed by atoms with E-state index in [1.807, 2.05) is 0 Å². The van der Waals surface area contributed by atoms with Crippen molar-refractivity contribution in [3.8, 4) is 6.07 Å². The molecule has 0 aliphatic carbocycles. The molecular weight excluding hydrogens is 242 g/mol. The number of sulfonamides is 1. The lowest BCUT2D eigenvalue weighted by Gasteiger charge is -2.07. The Morgan fingerprint density at radius 1 is 1.41 bits per heavy atom. The summed E-state index contributed by atoms with van der Waals surface area (Å²) in [4.78, 5) is 10.8. The van der Waals surface area contributed by atoms with Gasteiger partial charge in [0.05, 0.1) is 11.8 Å².